The smallest absolute Gasteiger partial charge is 0.177 e. The van der Waals surface area contributed by atoms with Crippen LogP contribution in [-0.4, -0.2) is 9.97 Å². The third-order valence-electron chi connectivity index (χ3n) is 2.10. The average Bonchev–Trinajstić information content (AvgIpc) is 2.38. The zero-order valence-electron chi connectivity index (χ0n) is 8.55. The highest BCUT2D eigenvalue weighted by molar-refractivity contribution is 6.30. The first-order chi connectivity index (χ1) is 8.24. The summed E-state index contributed by atoms with van der Waals surface area (Å²) in [5, 5.41) is 18.2. The monoisotopic (exact) mass is 240 g/mol. The van der Waals surface area contributed by atoms with Crippen molar-refractivity contribution < 1.29 is 0 Å². The van der Waals surface area contributed by atoms with Gasteiger partial charge in [-0.3, -0.25) is 0 Å². The molecule has 0 radical (unpaired) electrons. The van der Waals surface area contributed by atoms with Gasteiger partial charge in [0, 0.05) is 10.6 Å². The van der Waals surface area contributed by atoms with Crippen LogP contribution in [0, 0.1) is 22.7 Å². The molecule has 0 aliphatic heterocycles. The summed E-state index contributed by atoms with van der Waals surface area (Å²) in [6, 6.07) is 10.7. The summed E-state index contributed by atoms with van der Waals surface area (Å²) in [5.41, 5.74) is 1.32. The Balaban J connectivity index is 2.56. The predicted octanol–water partition coefficient (Wildman–Crippen LogP) is 2.54. The van der Waals surface area contributed by atoms with E-state index in [1.807, 2.05) is 18.2 Å². The van der Waals surface area contributed by atoms with Crippen LogP contribution in [0.4, 0.5) is 0 Å². The van der Waals surface area contributed by atoms with Gasteiger partial charge in [0.25, 0.3) is 0 Å². The predicted molar refractivity (Wildman–Crippen MR) is 61.9 cm³/mol. The molecule has 0 bridgehead atoms. The van der Waals surface area contributed by atoms with Crippen molar-refractivity contribution in [2.75, 3.05) is 0 Å². The van der Waals surface area contributed by atoms with E-state index in [0.717, 1.165) is 5.56 Å². The maximum Gasteiger partial charge on any atom is 0.177 e. The fourth-order valence-corrected chi connectivity index (χ4v) is 1.53. The van der Waals surface area contributed by atoms with E-state index in [2.05, 4.69) is 9.97 Å². The number of nitriles is 2. The number of aromatic nitrogens is 2. The van der Waals surface area contributed by atoms with Crippen molar-refractivity contribution in [1.82, 2.24) is 9.97 Å². The van der Waals surface area contributed by atoms with Crippen LogP contribution in [-0.2, 0) is 0 Å². The minimum absolute atomic E-state index is 0.0185. The zero-order chi connectivity index (χ0) is 12.3. The Kier molecular flexibility index (Phi) is 3.00. The molecule has 0 unspecified atom stereocenters. The van der Waals surface area contributed by atoms with Crippen LogP contribution in [0.3, 0.4) is 0 Å². The molecule has 80 valence electrons. The van der Waals surface area contributed by atoms with Crippen molar-refractivity contribution in [3.8, 4) is 23.4 Å². The number of hydrogen-bond acceptors (Lipinski definition) is 4. The van der Waals surface area contributed by atoms with Crippen molar-refractivity contribution in [2.24, 2.45) is 0 Å². The largest absolute Gasteiger partial charge is 0.240 e. The topological polar surface area (TPSA) is 73.4 Å². The molecular weight excluding hydrogens is 236 g/mol. The van der Waals surface area contributed by atoms with Crippen molar-refractivity contribution in [1.29, 1.82) is 10.5 Å². The maximum atomic E-state index is 8.85. The quantitative estimate of drug-likeness (QED) is 0.768. The first-order valence-electron chi connectivity index (χ1n) is 4.68. The van der Waals surface area contributed by atoms with Crippen LogP contribution in [0.5, 0.6) is 0 Å². The molecule has 0 aliphatic carbocycles. The van der Waals surface area contributed by atoms with E-state index in [1.165, 1.54) is 6.20 Å². The number of benzene rings is 1. The fraction of sp³-hybridized carbons (Fsp3) is 0. The summed E-state index contributed by atoms with van der Waals surface area (Å²) >= 11 is 5.86. The molecule has 0 saturated carbocycles. The number of halogens is 1. The van der Waals surface area contributed by atoms with Crippen molar-refractivity contribution in [3.05, 3.63) is 46.9 Å². The van der Waals surface area contributed by atoms with Gasteiger partial charge >= 0.3 is 0 Å². The molecule has 17 heavy (non-hydrogen) atoms. The molecular formula is C12H5ClN4. The van der Waals surface area contributed by atoms with Gasteiger partial charge in [-0.1, -0.05) is 23.7 Å². The van der Waals surface area contributed by atoms with Crippen LogP contribution in [0.25, 0.3) is 11.3 Å². The standard InChI is InChI=1S/C12H5ClN4/c13-9-3-1-2-8(4-9)12-7-16-10(5-14)11(6-15)17-12/h1-4,7H. The number of nitrogens with zero attached hydrogens (tertiary/aromatic N) is 4. The lowest BCUT2D eigenvalue weighted by atomic mass is 10.1. The molecule has 4 nitrogen and oxygen atoms in total. The summed E-state index contributed by atoms with van der Waals surface area (Å²) in [4.78, 5) is 7.95. The van der Waals surface area contributed by atoms with Crippen molar-refractivity contribution in [2.45, 2.75) is 0 Å². The van der Waals surface area contributed by atoms with Crippen molar-refractivity contribution >= 4 is 11.6 Å². The Bertz CT molecular complexity index is 652. The van der Waals surface area contributed by atoms with E-state index >= 15 is 0 Å². The Morgan fingerprint density at radius 2 is 1.88 bits per heavy atom. The SMILES string of the molecule is N#Cc1ncc(-c2cccc(Cl)c2)nc1C#N. The van der Waals surface area contributed by atoms with Gasteiger partial charge < -0.3 is 0 Å². The van der Waals surface area contributed by atoms with E-state index in [1.54, 1.807) is 18.2 Å². The highest BCUT2D eigenvalue weighted by Crippen LogP contribution is 2.20. The van der Waals surface area contributed by atoms with Crippen molar-refractivity contribution in [3.63, 3.8) is 0 Å². The zero-order valence-corrected chi connectivity index (χ0v) is 9.31. The highest BCUT2D eigenvalue weighted by Gasteiger charge is 2.07. The Morgan fingerprint density at radius 1 is 1.12 bits per heavy atom. The Hall–Kier alpha value is -2.43. The van der Waals surface area contributed by atoms with Gasteiger partial charge in [-0.2, -0.15) is 10.5 Å². The second kappa shape index (κ2) is 4.61. The van der Waals surface area contributed by atoms with E-state index < -0.39 is 0 Å². The van der Waals surface area contributed by atoms with Gasteiger partial charge in [0.15, 0.2) is 11.4 Å². The lowest BCUT2D eigenvalue weighted by Gasteiger charge is -2.01. The third kappa shape index (κ3) is 2.23. The summed E-state index contributed by atoms with van der Waals surface area (Å²) in [5.74, 6) is 0. The molecule has 0 spiro atoms. The van der Waals surface area contributed by atoms with Gasteiger partial charge in [-0.25, -0.2) is 9.97 Å². The summed E-state index contributed by atoms with van der Waals surface area (Å²) in [6.45, 7) is 0. The molecule has 1 aromatic heterocycles. The minimum Gasteiger partial charge on any atom is -0.240 e. The Labute approximate surface area is 103 Å². The summed E-state index contributed by atoms with van der Waals surface area (Å²) in [6.07, 6.45) is 1.45. The maximum absolute atomic E-state index is 8.85. The second-order valence-corrected chi connectivity index (χ2v) is 3.62. The van der Waals surface area contributed by atoms with Gasteiger partial charge in [0.2, 0.25) is 0 Å². The molecule has 0 N–H and O–H groups in total. The molecule has 5 heteroatoms. The molecule has 2 rings (SSSR count). The molecule has 0 amide bonds. The first kappa shape index (κ1) is 11.1. The molecule has 1 aromatic carbocycles. The average molecular weight is 241 g/mol. The van der Waals surface area contributed by atoms with Crippen LogP contribution in [0.15, 0.2) is 30.5 Å². The van der Waals surface area contributed by atoms with Crippen LogP contribution in [0.1, 0.15) is 11.4 Å². The first-order valence-corrected chi connectivity index (χ1v) is 5.05. The second-order valence-electron chi connectivity index (χ2n) is 3.19. The van der Waals surface area contributed by atoms with Crippen LogP contribution < -0.4 is 0 Å². The van der Waals surface area contributed by atoms with E-state index in [9.17, 15) is 0 Å². The number of rotatable bonds is 1. The molecule has 1 heterocycles. The van der Waals surface area contributed by atoms with E-state index in [4.69, 9.17) is 22.1 Å². The fourth-order valence-electron chi connectivity index (χ4n) is 1.34. The highest BCUT2D eigenvalue weighted by atomic mass is 35.5. The lowest BCUT2D eigenvalue weighted by Crippen LogP contribution is -1.95. The number of hydrogen-bond donors (Lipinski definition) is 0. The normalized spacial score (nSPS) is 9.35. The Morgan fingerprint density at radius 3 is 2.53 bits per heavy atom. The summed E-state index contributed by atoms with van der Waals surface area (Å²) in [7, 11) is 0. The van der Waals surface area contributed by atoms with Gasteiger partial charge in [0.1, 0.15) is 12.1 Å². The van der Waals surface area contributed by atoms with E-state index in [0.29, 0.717) is 10.7 Å². The molecule has 0 aliphatic rings. The van der Waals surface area contributed by atoms with Gasteiger partial charge in [0.05, 0.1) is 11.9 Å². The molecule has 2 aromatic rings. The van der Waals surface area contributed by atoms with Gasteiger partial charge in [-0.05, 0) is 12.1 Å². The summed E-state index contributed by atoms with van der Waals surface area (Å²) < 4.78 is 0. The lowest BCUT2D eigenvalue weighted by molar-refractivity contribution is 1.13. The third-order valence-corrected chi connectivity index (χ3v) is 2.34. The molecule has 0 saturated heterocycles. The minimum atomic E-state index is 0.0185. The van der Waals surface area contributed by atoms with E-state index in [-0.39, 0.29) is 11.4 Å². The van der Waals surface area contributed by atoms with Gasteiger partial charge in [-0.15, -0.1) is 0 Å². The van der Waals surface area contributed by atoms with Crippen LogP contribution >= 0.6 is 11.6 Å². The van der Waals surface area contributed by atoms with Crippen LogP contribution in [0.2, 0.25) is 5.02 Å². The molecule has 0 fully saturated rings. The molecule has 0 atom stereocenters.